The summed E-state index contributed by atoms with van der Waals surface area (Å²) in [6.07, 6.45) is 2.17. The number of fused-ring (bicyclic) bond motifs is 1. The smallest absolute Gasteiger partial charge is 0.236 e. The van der Waals surface area contributed by atoms with E-state index in [0.29, 0.717) is 12.6 Å². The molecule has 18 heavy (non-hydrogen) atoms. The van der Waals surface area contributed by atoms with Gasteiger partial charge >= 0.3 is 0 Å². The van der Waals surface area contributed by atoms with E-state index in [2.05, 4.69) is 35.3 Å². The monoisotopic (exact) mass is 247 g/mol. The molecule has 4 nitrogen and oxygen atoms in total. The average molecular weight is 247 g/mol. The topological polar surface area (TPSA) is 58.4 Å². The number of benzene rings is 1. The normalized spacial score (nSPS) is 19.2. The van der Waals surface area contributed by atoms with E-state index in [4.69, 9.17) is 5.73 Å². The van der Waals surface area contributed by atoms with Crippen molar-refractivity contribution in [2.45, 2.75) is 25.8 Å². The molecule has 0 bridgehead atoms. The molecule has 1 aliphatic heterocycles. The number of carbonyl (C=O) groups excluding carboxylic acids is 1. The van der Waals surface area contributed by atoms with Gasteiger partial charge in [-0.05, 0) is 31.0 Å². The first-order valence-electron chi connectivity index (χ1n) is 6.58. The number of hydrogen-bond acceptors (Lipinski definition) is 3. The van der Waals surface area contributed by atoms with Gasteiger partial charge in [0, 0.05) is 18.3 Å². The predicted molar refractivity (Wildman–Crippen MR) is 73.5 cm³/mol. The fourth-order valence-corrected chi connectivity index (χ4v) is 2.64. The van der Waals surface area contributed by atoms with Gasteiger partial charge in [-0.1, -0.05) is 25.1 Å². The van der Waals surface area contributed by atoms with E-state index in [-0.39, 0.29) is 5.91 Å². The van der Waals surface area contributed by atoms with Crippen LogP contribution in [-0.4, -0.2) is 25.5 Å². The second-order valence-electron chi connectivity index (χ2n) is 4.70. The van der Waals surface area contributed by atoms with Crippen molar-refractivity contribution in [3.05, 3.63) is 29.8 Å². The maximum absolute atomic E-state index is 11.2. The minimum Gasteiger partial charge on any atom is -0.368 e. The van der Waals surface area contributed by atoms with Gasteiger partial charge in [0.15, 0.2) is 0 Å². The highest BCUT2D eigenvalue weighted by Gasteiger charge is 2.22. The highest BCUT2D eigenvalue weighted by molar-refractivity contribution is 5.80. The SMILES string of the molecule is CCNC1CCCN(CC(N)=O)c2ccccc21. The molecule has 1 aromatic rings. The average Bonchev–Trinajstić information content (AvgIpc) is 2.51. The van der Waals surface area contributed by atoms with Crippen molar-refractivity contribution in [2.75, 3.05) is 24.5 Å². The Balaban J connectivity index is 2.31. The molecule has 0 fully saturated rings. The molecule has 2 rings (SSSR count). The lowest BCUT2D eigenvalue weighted by molar-refractivity contribution is -0.116. The van der Waals surface area contributed by atoms with Crippen LogP contribution in [0, 0.1) is 0 Å². The molecule has 1 aromatic carbocycles. The first kappa shape index (κ1) is 12.9. The van der Waals surface area contributed by atoms with E-state index in [9.17, 15) is 4.79 Å². The van der Waals surface area contributed by atoms with Gasteiger partial charge in [0.1, 0.15) is 0 Å². The number of primary amides is 1. The van der Waals surface area contributed by atoms with Gasteiger partial charge in [0.2, 0.25) is 5.91 Å². The molecular weight excluding hydrogens is 226 g/mol. The Bertz CT molecular complexity index is 419. The van der Waals surface area contributed by atoms with E-state index < -0.39 is 0 Å². The second kappa shape index (κ2) is 5.87. The van der Waals surface area contributed by atoms with Crippen molar-refractivity contribution in [3.63, 3.8) is 0 Å². The van der Waals surface area contributed by atoms with E-state index in [1.54, 1.807) is 0 Å². The minimum atomic E-state index is -0.272. The lowest BCUT2D eigenvalue weighted by atomic mass is 10.0. The van der Waals surface area contributed by atoms with Gasteiger partial charge in [0.25, 0.3) is 0 Å². The van der Waals surface area contributed by atoms with Gasteiger partial charge in [-0.3, -0.25) is 4.79 Å². The second-order valence-corrected chi connectivity index (χ2v) is 4.70. The third-order valence-corrected chi connectivity index (χ3v) is 3.37. The van der Waals surface area contributed by atoms with Crippen molar-refractivity contribution >= 4 is 11.6 Å². The van der Waals surface area contributed by atoms with E-state index in [1.165, 1.54) is 5.56 Å². The van der Waals surface area contributed by atoms with E-state index in [1.807, 2.05) is 6.07 Å². The van der Waals surface area contributed by atoms with Crippen molar-refractivity contribution in [2.24, 2.45) is 5.73 Å². The summed E-state index contributed by atoms with van der Waals surface area (Å²) in [5.41, 5.74) is 7.74. The summed E-state index contributed by atoms with van der Waals surface area (Å²) in [7, 11) is 0. The van der Waals surface area contributed by atoms with Gasteiger partial charge in [-0.25, -0.2) is 0 Å². The fourth-order valence-electron chi connectivity index (χ4n) is 2.64. The molecule has 0 saturated heterocycles. The minimum absolute atomic E-state index is 0.272. The Morgan fingerprint density at radius 3 is 3.00 bits per heavy atom. The lowest BCUT2D eigenvalue weighted by Gasteiger charge is -2.24. The Morgan fingerprint density at radius 1 is 1.50 bits per heavy atom. The van der Waals surface area contributed by atoms with Crippen LogP contribution < -0.4 is 16.0 Å². The molecule has 0 spiro atoms. The number of rotatable bonds is 4. The molecule has 0 radical (unpaired) electrons. The summed E-state index contributed by atoms with van der Waals surface area (Å²) in [5.74, 6) is -0.272. The summed E-state index contributed by atoms with van der Waals surface area (Å²) in [5, 5.41) is 3.51. The first-order valence-corrected chi connectivity index (χ1v) is 6.58. The van der Waals surface area contributed by atoms with Crippen molar-refractivity contribution < 1.29 is 4.79 Å². The van der Waals surface area contributed by atoms with Crippen LogP contribution in [0.2, 0.25) is 0 Å². The van der Waals surface area contributed by atoms with Gasteiger partial charge in [-0.2, -0.15) is 0 Å². The number of carbonyl (C=O) groups is 1. The zero-order chi connectivity index (χ0) is 13.0. The molecule has 1 aliphatic rings. The van der Waals surface area contributed by atoms with Crippen LogP contribution in [0.15, 0.2) is 24.3 Å². The van der Waals surface area contributed by atoms with E-state index in [0.717, 1.165) is 31.6 Å². The van der Waals surface area contributed by atoms with Crippen LogP contribution >= 0.6 is 0 Å². The quantitative estimate of drug-likeness (QED) is 0.846. The van der Waals surface area contributed by atoms with Gasteiger partial charge < -0.3 is 16.0 Å². The molecule has 1 heterocycles. The molecular formula is C14H21N3O. The van der Waals surface area contributed by atoms with Crippen LogP contribution in [0.3, 0.4) is 0 Å². The zero-order valence-corrected chi connectivity index (χ0v) is 10.9. The number of anilines is 1. The van der Waals surface area contributed by atoms with Crippen molar-refractivity contribution in [3.8, 4) is 0 Å². The molecule has 0 aliphatic carbocycles. The summed E-state index contributed by atoms with van der Waals surface area (Å²) in [6.45, 7) is 4.27. The van der Waals surface area contributed by atoms with Crippen LogP contribution in [0.1, 0.15) is 31.4 Å². The molecule has 0 saturated carbocycles. The van der Waals surface area contributed by atoms with Crippen LogP contribution in [-0.2, 0) is 4.79 Å². The Hall–Kier alpha value is -1.55. The predicted octanol–water partition coefficient (Wildman–Crippen LogP) is 1.42. The van der Waals surface area contributed by atoms with Gasteiger partial charge in [-0.15, -0.1) is 0 Å². The first-order chi connectivity index (χ1) is 8.72. The molecule has 1 unspecified atom stereocenters. The Labute approximate surface area is 108 Å². The fraction of sp³-hybridized carbons (Fsp3) is 0.500. The summed E-state index contributed by atoms with van der Waals surface area (Å²) >= 11 is 0. The molecule has 1 amide bonds. The maximum Gasteiger partial charge on any atom is 0.236 e. The largest absolute Gasteiger partial charge is 0.368 e. The van der Waals surface area contributed by atoms with Crippen LogP contribution in [0.5, 0.6) is 0 Å². The Morgan fingerprint density at radius 2 is 2.28 bits per heavy atom. The van der Waals surface area contributed by atoms with Crippen molar-refractivity contribution in [1.29, 1.82) is 0 Å². The third kappa shape index (κ3) is 2.82. The lowest BCUT2D eigenvalue weighted by Crippen LogP contribution is -2.34. The standard InChI is InChI=1S/C14H21N3O/c1-2-16-12-7-5-9-17(10-14(15)18)13-8-4-3-6-11(12)13/h3-4,6,8,12,16H,2,5,7,9-10H2,1H3,(H2,15,18). The molecule has 4 heteroatoms. The molecule has 3 N–H and O–H groups in total. The number of para-hydroxylation sites is 1. The summed E-state index contributed by atoms with van der Waals surface area (Å²) < 4.78 is 0. The molecule has 1 atom stereocenters. The summed E-state index contributed by atoms with van der Waals surface area (Å²) in [6, 6.07) is 8.66. The number of nitrogens with zero attached hydrogens (tertiary/aromatic N) is 1. The van der Waals surface area contributed by atoms with Crippen LogP contribution in [0.4, 0.5) is 5.69 Å². The summed E-state index contributed by atoms with van der Waals surface area (Å²) in [4.78, 5) is 13.3. The Kier molecular flexibility index (Phi) is 4.20. The van der Waals surface area contributed by atoms with Crippen LogP contribution in [0.25, 0.3) is 0 Å². The number of nitrogens with one attached hydrogen (secondary N) is 1. The van der Waals surface area contributed by atoms with Gasteiger partial charge in [0.05, 0.1) is 6.54 Å². The number of nitrogens with two attached hydrogens (primary N) is 1. The third-order valence-electron chi connectivity index (χ3n) is 3.37. The highest BCUT2D eigenvalue weighted by atomic mass is 16.1. The molecule has 98 valence electrons. The van der Waals surface area contributed by atoms with Crippen molar-refractivity contribution in [1.82, 2.24) is 5.32 Å². The van der Waals surface area contributed by atoms with E-state index >= 15 is 0 Å². The zero-order valence-electron chi connectivity index (χ0n) is 10.9. The maximum atomic E-state index is 11.2. The number of amides is 1. The molecule has 0 aromatic heterocycles. The highest BCUT2D eigenvalue weighted by Crippen LogP contribution is 2.32. The number of hydrogen-bond donors (Lipinski definition) is 2.